The molecule has 12 rings (SSSR count). The second-order valence-electron chi connectivity index (χ2n) is 14.9. The molecule has 0 saturated carbocycles. The van der Waals surface area contributed by atoms with Crippen LogP contribution < -0.4 is 0 Å². The third kappa shape index (κ3) is 5.73. The number of nitrogens with zero attached hydrogens (tertiary/aromatic N) is 5. The Balaban J connectivity index is 0.993. The van der Waals surface area contributed by atoms with Gasteiger partial charge in [-0.25, -0.2) is 19.9 Å². The van der Waals surface area contributed by atoms with Gasteiger partial charge in [0.25, 0.3) is 0 Å². The second kappa shape index (κ2) is 13.8. The van der Waals surface area contributed by atoms with Crippen LogP contribution in [0.15, 0.2) is 176 Å². The van der Waals surface area contributed by atoms with Crippen molar-refractivity contribution in [3.63, 3.8) is 0 Å². The van der Waals surface area contributed by atoms with Crippen molar-refractivity contribution in [2.45, 2.75) is 12.3 Å². The van der Waals surface area contributed by atoms with Crippen molar-refractivity contribution in [2.24, 2.45) is 0 Å². The van der Waals surface area contributed by atoms with Gasteiger partial charge in [0, 0.05) is 48.1 Å². The van der Waals surface area contributed by atoms with E-state index in [0.717, 1.165) is 61.6 Å². The minimum atomic E-state index is -0.0210. The molecule has 7 heteroatoms. The van der Waals surface area contributed by atoms with Gasteiger partial charge in [-0.05, 0) is 77.7 Å². The monoisotopic (exact) mass is 791 g/mol. The van der Waals surface area contributed by atoms with Crippen LogP contribution in [0.5, 0.6) is 0 Å². The van der Waals surface area contributed by atoms with Crippen molar-refractivity contribution < 1.29 is 0 Å². The van der Waals surface area contributed by atoms with Crippen molar-refractivity contribution in [1.29, 1.82) is 0 Å². The number of aromatic nitrogens is 5. The van der Waals surface area contributed by atoms with E-state index >= 15 is 0 Å². The lowest BCUT2D eigenvalue weighted by Crippen LogP contribution is -2.11. The number of para-hydroxylation sites is 3. The summed E-state index contributed by atoms with van der Waals surface area (Å²) in [6.45, 7) is 0. The van der Waals surface area contributed by atoms with E-state index in [2.05, 4.69) is 162 Å². The molecule has 1 aliphatic carbocycles. The Kier molecular flexibility index (Phi) is 7.96. The van der Waals surface area contributed by atoms with Gasteiger partial charge >= 0.3 is 0 Å². The summed E-state index contributed by atoms with van der Waals surface area (Å²) in [5.41, 5.74) is 11.1. The van der Waals surface area contributed by atoms with Gasteiger partial charge in [-0.1, -0.05) is 127 Å². The van der Waals surface area contributed by atoms with Crippen LogP contribution in [-0.4, -0.2) is 24.5 Å². The highest BCUT2D eigenvalue weighted by atomic mass is 32.1. The molecule has 0 amide bonds. The first kappa shape index (κ1) is 34.0. The Morgan fingerprint density at radius 2 is 1.24 bits per heavy atom. The summed E-state index contributed by atoms with van der Waals surface area (Å²) in [6.07, 6.45) is 5.40. The fourth-order valence-electron chi connectivity index (χ4n) is 8.67. The van der Waals surface area contributed by atoms with Crippen LogP contribution in [-0.2, 0) is 0 Å². The number of fused-ring (bicyclic) bond motifs is 7. The maximum atomic E-state index is 5.42. The van der Waals surface area contributed by atoms with Crippen LogP contribution in [0.1, 0.15) is 28.6 Å². The Morgan fingerprint density at radius 1 is 0.508 bits per heavy atom. The normalized spacial score (nSPS) is 13.8. The number of hydrogen-bond donors (Lipinski definition) is 0. The average molecular weight is 792 g/mol. The average Bonchev–Trinajstić information content (AvgIpc) is 4.01. The summed E-state index contributed by atoms with van der Waals surface area (Å²) in [5.74, 6) is 2.13. The topological polar surface area (TPSA) is 56.5 Å². The molecule has 1 aliphatic rings. The van der Waals surface area contributed by atoms with E-state index in [1.807, 2.05) is 35.6 Å². The van der Waals surface area contributed by atoms with Crippen molar-refractivity contribution in [3.05, 3.63) is 192 Å². The maximum Gasteiger partial charge on any atom is 0.164 e. The molecule has 5 nitrogen and oxygen atoms in total. The molecule has 7 aromatic carbocycles. The summed E-state index contributed by atoms with van der Waals surface area (Å²) >= 11 is 3.59. The predicted molar refractivity (Wildman–Crippen MR) is 246 cm³/mol. The van der Waals surface area contributed by atoms with Gasteiger partial charge in [-0.2, -0.15) is 0 Å². The van der Waals surface area contributed by atoms with E-state index in [1.165, 1.54) is 41.7 Å². The molecule has 0 radical (unpaired) electrons. The molecule has 0 spiro atoms. The molecule has 278 valence electrons. The number of benzene rings is 7. The van der Waals surface area contributed by atoms with Gasteiger partial charge in [0.05, 0.1) is 27.2 Å². The predicted octanol–water partition coefficient (Wildman–Crippen LogP) is 14.0. The van der Waals surface area contributed by atoms with Crippen molar-refractivity contribution >= 4 is 70.9 Å². The summed E-state index contributed by atoms with van der Waals surface area (Å²) < 4.78 is 4.80. The van der Waals surface area contributed by atoms with E-state index in [1.54, 1.807) is 11.3 Å². The smallest absolute Gasteiger partial charge is 0.164 e. The Bertz CT molecular complexity index is 3400. The molecule has 0 fully saturated rings. The van der Waals surface area contributed by atoms with Gasteiger partial charge in [0.15, 0.2) is 11.6 Å². The summed E-state index contributed by atoms with van der Waals surface area (Å²) in [4.78, 5) is 22.2. The molecule has 0 bridgehead atoms. The van der Waals surface area contributed by atoms with Crippen LogP contribution >= 0.6 is 22.7 Å². The van der Waals surface area contributed by atoms with Crippen LogP contribution in [0.3, 0.4) is 0 Å². The molecule has 0 saturated heterocycles. The number of thiazole rings is 1. The fourth-order valence-corrected chi connectivity index (χ4v) is 10.9. The third-order valence-corrected chi connectivity index (χ3v) is 13.8. The Hall–Kier alpha value is -7.06. The van der Waals surface area contributed by atoms with Gasteiger partial charge < -0.3 is 4.57 Å². The minimum absolute atomic E-state index is 0.0210. The number of allylic oxidation sites excluding steroid dienone is 1. The third-order valence-electron chi connectivity index (χ3n) is 11.4. The molecule has 0 aliphatic heterocycles. The Morgan fingerprint density at radius 3 is 2.14 bits per heavy atom. The molecule has 4 heterocycles. The highest BCUT2D eigenvalue weighted by molar-refractivity contribution is 7.21. The summed E-state index contributed by atoms with van der Waals surface area (Å²) in [5, 5.41) is 4.59. The highest BCUT2D eigenvalue weighted by Gasteiger charge is 2.28. The molecule has 4 aromatic heterocycles. The minimum Gasteiger partial charge on any atom is -0.309 e. The number of hydrogen-bond acceptors (Lipinski definition) is 6. The van der Waals surface area contributed by atoms with Crippen molar-refractivity contribution in [1.82, 2.24) is 24.5 Å². The lowest BCUT2D eigenvalue weighted by atomic mass is 9.91. The first-order valence-corrected chi connectivity index (χ1v) is 21.5. The van der Waals surface area contributed by atoms with E-state index < -0.39 is 0 Å². The van der Waals surface area contributed by atoms with Crippen LogP contribution in [0.25, 0.3) is 98.3 Å². The molecular formula is C52H33N5S2. The molecule has 1 atom stereocenters. The molecular weight excluding hydrogens is 759 g/mol. The summed E-state index contributed by atoms with van der Waals surface area (Å²) in [6, 6.07) is 60.0. The van der Waals surface area contributed by atoms with Crippen molar-refractivity contribution in [3.8, 4) is 50.2 Å². The SMILES string of the molecule is C1=Cc2c(sc3ccc(-c4cccc(-c5nc6ccccc6s5)c4)cc23)C(c2nc(-c3ccccc3)nc(-c3cccc4c3c3ccccc3n4-c3ccccc3)n2)C1. The first-order valence-electron chi connectivity index (χ1n) is 19.8. The molecule has 11 aromatic rings. The standard InChI is InChI=1S/C52H33N5S2/c1-3-14-32(15-4-1)49-54-50(39-22-13-26-44-47(39)38-20-7-9-25-43(38)57(44)36-18-5-2-6-19-36)56-51(55-49)40-23-12-21-37-41-31-34(28-29-45(41)58-48(37)40)33-16-11-17-35(30-33)52-53-42-24-8-10-27-46(42)59-52/h1-22,24-31,40H,23H2. The fraction of sp³-hybridized carbons (Fsp3) is 0.0385. The summed E-state index contributed by atoms with van der Waals surface area (Å²) in [7, 11) is 0. The van der Waals surface area contributed by atoms with Crippen LogP contribution in [0.4, 0.5) is 0 Å². The van der Waals surface area contributed by atoms with E-state index in [9.17, 15) is 0 Å². The lowest BCUT2D eigenvalue weighted by molar-refractivity contribution is 0.754. The second-order valence-corrected chi connectivity index (χ2v) is 17.1. The zero-order valence-electron chi connectivity index (χ0n) is 31.7. The number of thiophene rings is 1. The zero-order valence-corrected chi connectivity index (χ0v) is 33.3. The van der Waals surface area contributed by atoms with E-state index in [0.29, 0.717) is 11.6 Å². The van der Waals surface area contributed by atoms with E-state index in [-0.39, 0.29) is 5.92 Å². The van der Waals surface area contributed by atoms with E-state index in [4.69, 9.17) is 19.9 Å². The molecule has 59 heavy (non-hydrogen) atoms. The largest absolute Gasteiger partial charge is 0.309 e. The quantitative estimate of drug-likeness (QED) is 0.168. The van der Waals surface area contributed by atoms with Gasteiger partial charge in [0.1, 0.15) is 10.8 Å². The highest BCUT2D eigenvalue weighted by Crippen LogP contribution is 2.46. The number of rotatable bonds is 6. The zero-order chi connectivity index (χ0) is 38.9. The van der Waals surface area contributed by atoms with Gasteiger partial charge in [-0.3, -0.25) is 0 Å². The maximum absolute atomic E-state index is 5.42. The first-order chi connectivity index (χ1) is 29.2. The van der Waals surface area contributed by atoms with Crippen molar-refractivity contribution in [2.75, 3.05) is 0 Å². The molecule has 1 unspecified atom stereocenters. The lowest BCUT2D eigenvalue weighted by Gasteiger charge is -2.19. The Labute approximate surface area is 348 Å². The molecule has 0 N–H and O–H groups in total. The van der Waals surface area contributed by atoms with Gasteiger partial charge in [-0.15, -0.1) is 22.7 Å². The van der Waals surface area contributed by atoms with Crippen LogP contribution in [0.2, 0.25) is 0 Å². The van der Waals surface area contributed by atoms with Crippen LogP contribution in [0, 0.1) is 0 Å². The van der Waals surface area contributed by atoms with Gasteiger partial charge in [0.2, 0.25) is 0 Å².